The average molecular weight is 336 g/mol. The summed E-state index contributed by atoms with van der Waals surface area (Å²) in [5.74, 6) is 0.718. The van der Waals surface area contributed by atoms with Crippen LogP contribution in [-0.2, 0) is 19.4 Å². The summed E-state index contributed by atoms with van der Waals surface area (Å²) in [6, 6.07) is 6.05. The number of nitrogens with zero attached hydrogens (tertiary/aromatic N) is 2. The van der Waals surface area contributed by atoms with E-state index in [4.69, 9.17) is 0 Å². The molecule has 1 aromatic carbocycles. The van der Waals surface area contributed by atoms with Gasteiger partial charge in [-0.2, -0.15) is 0 Å². The van der Waals surface area contributed by atoms with E-state index in [1.165, 1.54) is 23.1 Å². The first kappa shape index (κ1) is 15.9. The van der Waals surface area contributed by atoms with Crippen LogP contribution in [0.25, 0.3) is 10.9 Å². The van der Waals surface area contributed by atoms with Crippen LogP contribution < -0.4 is 5.32 Å². The van der Waals surface area contributed by atoms with Gasteiger partial charge in [0.1, 0.15) is 0 Å². The standard InChI is InChI=1S/C20H24N4O/c1-14-6-7-18-17(12-14)15-4-2-5-16(19(15)23-18)20(25)22-8-3-10-24-11-9-21-13-24/h2,4-5,9,11,13-14,23H,3,6-8,10,12H2,1H3,(H,22,25)/t14-/m1/s1. The molecule has 1 aliphatic carbocycles. The van der Waals surface area contributed by atoms with Crippen molar-refractivity contribution in [3.8, 4) is 0 Å². The molecule has 0 radical (unpaired) electrons. The molecule has 2 heterocycles. The summed E-state index contributed by atoms with van der Waals surface area (Å²) < 4.78 is 2.02. The Balaban J connectivity index is 1.48. The smallest absolute Gasteiger partial charge is 0.253 e. The van der Waals surface area contributed by atoms with Crippen molar-refractivity contribution in [3.05, 3.63) is 53.7 Å². The minimum Gasteiger partial charge on any atom is -0.358 e. The lowest BCUT2D eigenvalue weighted by Crippen LogP contribution is -2.25. The topological polar surface area (TPSA) is 62.7 Å². The highest BCUT2D eigenvalue weighted by molar-refractivity contribution is 6.06. The number of benzene rings is 1. The van der Waals surface area contributed by atoms with Gasteiger partial charge in [-0.05, 0) is 43.2 Å². The van der Waals surface area contributed by atoms with Gasteiger partial charge in [0.25, 0.3) is 5.91 Å². The molecule has 0 fully saturated rings. The van der Waals surface area contributed by atoms with Crippen LogP contribution in [0.5, 0.6) is 0 Å². The molecule has 25 heavy (non-hydrogen) atoms. The van der Waals surface area contributed by atoms with Gasteiger partial charge in [0, 0.05) is 36.6 Å². The molecular weight excluding hydrogens is 312 g/mol. The van der Waals surface area contributed by atoms with E-state index in [-0.39, 0.29) is 5.91 Å². The summed E-state index contributed by atoms with van der Waals surface area (Å²) in [6.07, 6.45) is 9.79. The van der Waals surface area contributed by atoms with Crippen molar-refractivity contribution in [1.82, 2.24) is 19.9 Å². The fourth-order valence-corrected chi connectivity index (χ4v) is 3.78. The fraction of sp³-hybridized carbons (Fsp3) is 0.400. The Labute approximate surface area is 147 Å². The van der Waals surface area contributed by atoms with Crippen LogP contribution in [-0.4, -0.2) is 27.0 Å². The predicted octanol–water partition coefficient (Wildman–Crippen LogP) is 3.31. The summed E-state index contributed by atoms with van der Waals surface area (Å²) in [7, 11) is 0. The van der Waals surface area contributed by atoms with Crippen LogP contribution in [0, 0.1) is 5.92 Å². The number of para-hydroxylation sites is 1. The monoisotopic (exact) mass is 336 g/mol. The van der Waals surface area contributed by atoms with Crippen molar-refractivity contribution < 1.29 is 4.79 Å². The van der Waals surface area contributed by atoms with Crippen molar-refractivity contribution >= 4 is 16.8 Å². The second kappa shape index (κ2) is 6.75. The second-order valence-electron chi connectivity index (χ2n) is 7.07. The summed E-state index contributed by atoms with van der Waals surface area (Å²) in [5.41, 5.74) is 4.47. The van der Waals surface area contributed by atoms with Gasteiger partial charge in [0.2, 0.25) is 0 Å². The number of aromatic nitrogens is 3. The molecule has 5 heteroatoms. The molecule has 0 aliphatic heterocycles. The van der Waals surface area contributed by atoms with E-state index in [9.17, 15) is 4.79 Å². The van der Waals surface area contributed by atoms with E-state index in [1.54, 1.807) is 12.5 Å². The summed E-state index contributed by atoms with van der Waals surface area (Å²) in [4.78, 5) is 20.2. The normalized spacial score (nSPS) is 16.8. The Bertz CT molecular complexity index is 879. The number of fused-ring (bicyclic) bond motifs is 3. The number of carbonyl (C=O) groups is 1. The summed E-state index contributed by atoms with van der Waals surface area (Å²) >= 11 is 0. The second-order valence-corrected chi connectivity index (χ2v) is 7.07. The molecule has 2 aromatic heterocycles. The van der Waals surface area contributed by atoms with Crippen molar-refractivity contribution in [2.45, 2.75) is 39.2 Å². The van der Waals surface area contributed by atoms with Crippen molar-refractivity contribution in [2.24, 2.45) is 5.92 Å². The van der Waals surface area contributed by atoms with Gasteiger partial charge in [-0.15, -0.1) is 0 Å². The van der Waals surface area contributed by atoms with Crippen LogP contribution >= 0.6 is 0 Å². The number of carbonyl (C=O) groups excluding carboxylic acids is 1. The predicted molar refractivity (Wildman–Crippen MR) is 98.7 cm³/mol. The summed E-state index contributed by atoms with van der Waals surface area (Å²) in [5, 5.41) is 4.27. The first-order valence-corrected chi connectivity index (χ1v) is 9.09. The van der Waals surface area contributed by atoms with Gasteiger partial charge >= 0.3 is 0 Å². The first-order chi connectivity index (χ1) is 12.2. The van der Waals surface area contributed by atoms with E-state index in [0.29, 0.717) is 12.5 Å². The lowest BCUT2D eigenvalue weighted by Gasteiger charge is -2.17. The van der Waals surface area contributed by atoms with Crippen LogP contribution in [0.4, 0.5) is 0 Å². The molecule has 130 valence electrons. The van der Waals surface area contributed by atoms with Crippen LogP contribution in [0.2, 0.25) is 0 Å². The fourth-order valence-electron chi connectivity index (χ4n) is 3.78. The van der Waals surface area contributed by atoms with Gasteiger partial charge in [-0.3, -0.25) is 4.79 Å². The summed E-state index contributed by atoms with van der Waals surface area (Å²) in [6.45, 7) is 3.82. The Morgan fingerprint density at radius 1 is 1.44 bits per heavy atom. The number of hydrogen-bond acceptors (Lipinski definition) is 2. The average Bonchev–Trinajstić information content (AvgIpc) is 3.25. The largest absolute Gasteiger partial charge is 0.358 e. The zero-order chi connectivity index (χ0) is 17.2. The van der Waals surface area contributed by atoms with Crippen molar-refractivity contribution in [1.29, 1.82) is 0 Å². The minimum atomic E-state index is 0.00266. The molecule has 1 amide bonds. The van der Waals surface area contributed by atoms with Crippen molar-refractivity contribution in [2.75, 3.05) is 6.54 Å². The third-order valence-electron chi connectivity index (χ3n) is 5.15. The number of amides is 1. The van der Waals surface area contributed by atoms with Crippen molar-refractivity contribution in [3.63, 3.8) is 0 Å². The molecule has 0 bridgehead atoms. The van der Waals surface area contributed by atoms with Crippen LogP contribution in [0.1, 0.15) is 41.4 Å². The lowest BCUT2D eigenvalue weighted by atomic mass is 9.87. The van der Waals surface area contributed by atoms with Gasteiger partial charge in [-0.1, -0.05) is 19.1 Å². The maximum absolute atomic E-state index is 12.6. The number of hydrogen-bond donors (Lipinski definition) is 2. The lowest BCUT2D eigenvalue weighted by molar-refractivity contribution is 0.0954. The molecule has 5 nitrogen and oxygen atoms in total. The SMILES string of the molecule is C[C@@H]1CCc2[nH]c3c(C(=O)NCCCn4ccnc4)cccc3c2C1. The number of aryl methyl sites for hydroxylation is 2. The Morgan fingerprint density at radius 3 is 3.20 bits per heavy atom. The molecular formula is C20H24N4O. The molecule has 2 N–H and O–H groups in total. The van der Waals surface area contributed by atoms with E-state index < -0.39 is 0 Å². The van der Waals surface area contributed by atoms with E-state index in [1.807, 2.05) is 22.9 Å². The molecule has 0 spiro atoms. The minimum absolute atomic E-state index is 0.00266. The zero-order valence-corrected chi connectivity index (χ0v) is 14.6. The zero-order valence-electron chi connectivity index (χ0n) is 14.6. The Hall–Kier alpha value is -2.56. The van der Waals surface area contributed by atoms with Gasteiger partial charge in [0.15, 0.2) is 0 Å². The Morgan fingerprint density at radius 2 is 2.36 bits per heavy atom. The van der Waals surface area contributed by atoms with Gasteiger partial charge in [0.05, 0.1) is 17.4 Å². The molecule has 4 rings (SSSR count). The van der Waals surface area contributed by atoms with Crippen LogP contribution in [0.3, 0.4) is 0 Å². The number of nitrogens with one attached hydrogen (secondary N) is 2. The molecule has 1 atom stereocenters. The molecule has 0 saturated carbocycles. The van der Waals surface area contributed by atoms with E-state index in [2.05, 4.69) is 28.3 Å². The number of aromatic amines is 1. The number of rotatable bonds is 5. The highest BCUT2D eigenvalue weighted by atomic mass is 16.1. The maximum atomic E-state index is 12.6. The molecule has 0 saturated heterocycles. The van der Waals surface area contributed by atoms with E-state index >= 15 is 0 Å². The quantitative estimate of drug-likeness (QED) is 0.702. The van der Waals surface area contributed by atoms with Gasteiger partial charge in [-0.25, -0.2) is 4.98 Å². The highest BCUT2D eigenvalue weighted by Crippen LogP contribution is 2.32. The van der Waals surface area contributed by atoms with Crippen LogP contribution in [0.15, 0.2) is 36.9 Å². The van der Waals surface area contributed by atoms with E-state index in [0.717, 1.165) is 36.9 Å². The first-order valence-electron chi connectivity index (χ1n) is 9.09. The third kappa shape index (κ3) is 3.18. The maximum Gasteiger partial charge on any atom is 0.253 e. The number of H-pyrrole nitrogens is 1. The number of imidazole rings is 1. The molecule has 3 aromatic rings. The third-order valence-corrected chi connectivity index (χ3v) is 5.15. The Kier molecular flexibility index (Phi) is 4.30. The van der Waals surface area contributed by atoms with Gasteiger partial charge < -0.3 is 14.9 Å². The molecule has 1 aliphatic rings. The molecule has 0 unspecified atom stereocenters. The highest BCUT2D eigenvalue weighted by Gasteiger charge is 2.22.